The quantitative estimate of drug-likeness (QED) is 0.525. The Hall–Kier alpha value is -1.97. The number of allylic oxidation sites excluding steroid dienone is 2. The number of hydrogen-bond donors (Lipinski definition) is 1. The van der Waals surface area contributed by atoms with Gasteiger partial charge in [-0.2, -0.15) is 0 Å². The van der Waals surface area contributed by atoms with E-state index >= 15 is 0 Å². The summed E-state index contributed by atoms with van der Waals surface area (Å²) in [6.07, 6.45) is 4.22. The second kappa shape index (κ2) is 9.03. The maximum atomic E-state index is 6.27. The smallest absolute Gasteiger partial charge is 0.0303 e. The molecule has 0 saturated carbocycles. The van der Waals surface area contributed by atoms with Crippen LogP contribution >= 0.6 is 11.9 Å². The van der Waals surface area contributed by atoms with Crippen molar-refractivity contribution in [3.05, 3.63) is 88.6 Å². The molecule has 3 heteroatoms. The predicted octanol–water partition coefficient (Wildman–Crippen LogP) is 6.73. The Morgan fingerprint density at radius 3 is 2.23 bits per heavy atom. The minimum Gasteiger partial charge on any atom is -0.399 e. The average molecular weight is 421 g/mol. The lowest BCUT2D eigenvalue weighted by atomic mass is 9.68. The number of nitrogens with zero attached hydrogens (tertiary/aromatic N) is 1. The van der Waals surface area contributed by atoms with Crippen LogP contribution in [0.5, 0.6) is 0 Å². The van der Waals surface area contributed by atoms with Crippen molar-refractivity contribution in [2.75, 3.05) is 13.6 Å². The standard InChI is InChI=1S/C27H36N2S/c1-20-17-27(21(2)16-25(20)28,18-22-10-8-7-9-11-22)19-29(6)30-24-14-12-23(13-15-24)26(3,4)5/h7-16H,17-19,28H2,1-6H3. The average Bonchev–Trinajstić information content (AvgIpc) is 2.67. The molecule has 0 fully saturated rings. The summed E-state index contributed by atoms with van der Waals surface area (Å²) in [7, 11) is 2.21. The monoisotopic (exact) mass is 420 g/mol. The summed E-state index contributed by atoms with van der Waals surface area (Å²) < 4.78 is 2.39. The molecule has 1 atom stereocenters. The highest BCUT2D eigenvalue weighted by Gasteiger charge is 2.36. The first-order valence-electron chi connectivity index (χ1n) is 10.8. The molecule has 30 heavy (non-hydrogen) atoms. The van der Waals surface area contributed by atoms with Crippen molar-refractivity contribution in [2.45, 2.75) is 57.8 Å². The molecule has 0 bridgehead atoms. The number of rotatable bonds is 6. The van der Waals surface area contributed by atoms with Crippen molar-refractivity contribution in [2.24, 2.45) is 11.1 Å². The predicted molar refractivity (Wildman–Crippen MR) is 131 cm³/mol. The van der Waals surface area contributed by atoms with Gasteiger partial charge in [0.05, 0.1) is 0 Å². The summed E-state index contributed by atoms with van der Waals surface area (Å²) in [4.78, 5) is 1.28. The fraction of sp³-hybridized carbons (Fsp3) is 0.407. The summed E-state index contributed by atoms with van der Waals surface area (Å²) in [5.41, 5.74) is 12.9. The van der Waals surface area contributed by atoms with Crippen LogP contribution < -0.4 is 5.73 Å². The van der Waals surface area contributed by atoms with Crippen molar-refractivity contribution < 1.29 is 0 Å². The molecular weight excluding hydrogens is 384 g/mol. The van der Waals surface area contributed by atoms with E-state index in [2.05, 4.69) is 107 Å². The molecule has 160 valence electrons. The zero-order chi connectivity index (χ0) is 21.9. The van der Waals surface area contributed by atoms with Gasteiger partial charge in [0, 0.05) is 22.6 Å². The molecule has 0 saturated heterocycles. The molecule has 0 amide bonds. The highest BCUT2D eigenvalue weighted by molar-refractivity contribution is 7.97. The molecule has 0 spiro atoms. The maximum absolute atomic E-state index is 6.27. The number of hydrogen-bond acceptors (Lipinski definition) is 3. The first-order chi connectivity index (χ1) is 14.1. The van der Waals surface area contributed by atoms with Gasteiger partial charge in [0.25, 0.3) is 0 Å². The van der Waals surface area contributed by atoms with Crippen LogP contribution in [0.2, 0.25) is 0 Å². The SMILES string of the molecule is CC1=CC(N)=C(C)CC1(Cc1ccccc1)CN(C)Sc1ccc(C(C)(C)C)cc1. The van der Waals surface area contributed by atoms with Gasteiger partial charge in [0.15, 0.2) is 0 Å². The van der Waals surface area contributed by atoms with E-state index in [1.165, 1.54) is 27.2 Å². The number of benzene rings is 2. The van der Waals surface area contributed by atoms with Gasteiger partial charge in [0.1, 0.15) is 0 Å². The van der Waals surface area contributed by atoms with Gasteiger partial charge in [-0.25, -0.2) is 4.31 Å². The molecule has 2 aromatic rings. The molecule has 3 rings (SSSR count). The molecule has 1 aliphatic carbocycles. The maximum Gasteiger partial charge on any atom is 0.0303 e. The summed E-state index contributed by atoms with van der Waals surface area (Å²) in [5.74, 6) is 0. The van der Waals surface area contributed by atoms with Gasteiger partial charge in [-0.15, -0.1) is 0 Å². The first kappa shape index (κ1) is 22.7. The largest absolute Gasteiger partial charge is 0.399 e. The summed E-state index contributed by atoms with van der Waals surface area (Å²) in [5, 5.41) is 0. The van der Waals surface area contributed by atoms with Gasteiger partial charge in [-0.1, -0.05) is 68.8 Å². The fourth-order valence-electron chi connectivity index (χ4n) is 4.34. The first-order valence-corrected chi connectivity index (χ1v) is 11.5. The second-order valence-corrected chi connectivity index (χ2v) is 11.1. The van der Waals surface area contributed by atoms with Crippen molar-refractivity contribution in [1.29, 1.82) is 0 Å². The van der Waals surface area contributed by atoms with Gasteiger partial charge in [0.2, 0.25) is 0 Å². The van der Waals surface area contributed by atoms with E-state index in [-0.39, 0.29) is 10.8 Å². The van der Waals surface area contributed by atoms with Crippen LogP contribution in [0.25, 0.3) is 0 Å². The van der Waals surface area contributed by atoms with E-state index < -0.39 is 0 Å². The highest BCUT2D eigenvalue weighted by atomic mass is 32.2. The van der Waals surface area contributed by atoms with Crippen LogP contribution in [0, 0.1) is 5.41 Å². The Morgan fingerprint density at radius 1 is 1.00 bits per heavy atom. The third-order valence-corrected chi connectivity index (χ3v) is 7.12. The van der Waals surface area contributed by atoms with E-state index in [4.69, 9.17) is 5.73 Å². The lowest BCUT2D eigenvalue weighted by Gasteiger charge is -2.41. The van der Waals surface area contributed by atoms with Crippen LogP contribution in [-0.2, 0) is 11.8 Å². The zero-order valence-corrected chi connectivity index (χ0v) is 20.1. The topological polar surface area (TPSA) is 29.3 Å². The minimum atomic E-state index is 0.0570. The molecule has 0 heterocycles. The lowest BCUT2D eigenvalue weighted by Crippen LogP contribution is -2.38. The summed E-state index contributed by atoms with van der Waals surface area (Å²) in [6, 6.07) is 19.9. The second-order valence-electron chi connectivity index (χ2n) is 9.83. The zero-order valence-electron chi connectivity index (χ0n) is 19.3. The van der Waals surface area contributed by atoms with Crippen LogP contribution in [0.4, 0.5) is 0 Å². The van der Waals surface area contributed by atoms with Crippen molar-refractivity contribution in [3.63, 3.8) is 0 Å². The molecular formula is C27H36N2S. The van der Waals surface area contributed by atoms with Crippen LogP contribution in [0.1, 0.15) is 52.2 Å². The van der Waals surface area contributed by atoms with Crippen molar-refractivity contribution in [3.8, 4) is 0 Å². The van der Waals surface area contributed by atoms with E-state index in [0.717, 1.165) is 25.1 Å². The molecule has 0 aromatic heterocycles. The lowest BCUT2D eigenvalue weighted by molar-refractivity contribution is 0.280. The Bertz CT molecular complexity index is 920. The van der Waals surface area contributed by atoms with Gasteiger partial charge in [-0.05, 0) is 86.0 Å². The third kappa shape index (κ3) is 5.39. The van der Waals surface area contributed by atoms with E-state index in [9.17, 15) is 0 Å². The Kier molecular flexibility index (Phi) is 6.84. The number of nitrogens with two attached hydrogens (primary N) is 1. The van der Waals surface area contributed by atoms with E-state index in [1.54, 1.807) is 0 Å². The van der Waals surface area contributed by atoms with E-state index in [0.29, 0.717) is 0 Å². The van der Waals surface area contributed by atoms with Crippen LogP contribution in [0.3, 0.4) is 0 Å². The molecule has 2 N–H and O–H groups in total. The van der Waals surface area contributed by atoms with Crippen molar-refractivity contribution in [1.82, 2.24) is 4.31 Å². The Morgan fingerprint density at radius 2 is 1.63 bits per heavy atom. The molecule has 1 unspecified atom stereocenters. The van der Waals surface area contributed by atoms with E-state index in [1.807, 2.05) is 11.9 Å². The molecule has 2 nitrogen and oxygen atoms in total. The minimum absolute atomic E-state index is 0.0570. The Balaban J connectivity index is 1.80. The molecule has 1 aliphatic rings. The normalized spacial score (nSPS) is 19.9. The molecule has 2 aromatic carbocycles. The van der Waals surface area contributed by atoms with Crippen LogP contribution in [-0.4, -0.2) is 17.9 Å². The summed E-state index contributed by atoms with van der Waals surface area (Å²) in [6.45, 7) is 12.2. The van der Waals surface area contributed by atoms with Crippen molar-refractivity contribution >= 4 is 11.9 Å². The molecule has 0 aliphatic heterocycles. The highest BCUT2D eigenvalue weighted by Crippen LogP contribution is 2.43. The van der Waals surface area contributed by atoms with Gasteiger partial charge >= 0.3 is 0 Å². The fourth-order valence-corrected chi connectivity index (χ4v) is 5.27. The Labute approximate surface area is 187 Å². The third-order valence-electron chi connectivity index (χ3n) is 6.20. The van der Waals surface area contributed by atoms with Crippen LogP contribution in [0.15, 0.2) is 82.4 Å². The van der Waals surface area contributed by atoms with Gasteiger partial charge < -0.3 is 5.73 Å². The molecule has 0 radical (unpaired) electrons. The summed E-state index contributed by atoms with van der Waals surface area (Å²) >= 11 is 1.83. The van der Waals surface area contributed by atoms with Gasteiger partial charge in [-0.3, -0.25) is 0 Å².